The van der Waals surface area contributed by atoms with Crippen molar-refractivity contribution in [2.24, 2.45) is 0 Å². The maximum Gasteiger partial charge on any atom is 0.269 e. The van der Waals surface area contributed by atoms with E-state index in [-0.39, 0.29) is 17.3 Å². The maximum absolute atomic E-state index is 10.9. The monoisotopic (exact) mass is 267 g/mol. The molecule has 0 aliphatic rings. The molecule has 6 heteroatoms. The van der Waals surface area contributed by atoms with Crippen LogP contribution in [0, 0.1) is 10.1 Å². The number of ketones is 2. The molecular weight excluding hydrogens is 250 g/mol. The van der Waals surface area contributed by atoms with Crippen LogP contribution >= 0.6 is 0 Å². The highest BCUT2D eigenvalue weighted by atomic mass is 16.6. The van der Waals surface area contributed by atoms with Gasteiger partial charge in [-0.1, -0.05) is 0 Å². The summed E-state index contributed by atoms with van der Waals surface area (Å²) in [5.41, 5.74) is -0.00201. The molecule has 0 aliphatic carbocycles. The normalized spacial score (nSPS) is 10.7. The van der Waals surface area contributed by atoms with Gasteiger partial charge in [0.25, 0.3) is 5.69 Å². The van der Waals surface area contributed by atoms with Gasteiger partial charge >= 0.3 is 0 Å². The number of rotatable bonds is 4. The zero-order chi connectivity index (χ0) is 15.0. The zero-order valence-corrected chi connectivity index (χ0v) is 11.4. The van der Waals surface area contributed by atoms with Gasteiger partial charge in [-0.2, -0.15) is 0 Å². The van der Waals surface area contributed by atoms with Crippen LogP contribution in [-0.4, -0.2) is 22.6 Å². The van der Waals surface area contributed by atoms with E-state index in [1.165, 1.54) is 45.0 Å². The third-order valence-corrected chi connectivity index (χ3v) is 1.93. The minimum Gasteiger partial charge on any atom is -0.483 e. The van der Waals surface area contributed by atoms with E-state index in [0.717, 1.165) is 0 Å². The van der Waals surface area contributed by atoms with Gasteiger partial charge in [0.05, 0.1) is 4.92 Å². The van der Waals surface area contributed by atoms with E-state index in [9.17, 15) is 19.7 Å². The lowest BCUT2D eigenvalue weighted by Gasteiger charge is -2.10. The van der Waals surface area contributed by atoms with Gasteiger partial charge in [-0.25, -0.2) is 0 Å². The summed E-state index contributed by atoms with van der Waals surface area (Å²) in [6.45, 7) is 6.11. The Labute approximate surface area is 111 Å². The quantitative estimate of drug-likeness (QED) is 0.618. The van der Waals surface area contributed by atoms with Gasteiger partial charge in [0.2, 0.25) is 0 Å². The number of Topliss-reactive ketones (excluding diaryl/α,β-unsaturated/α-hetero) is 2. The smallest absolute Gasteiger partial charge is 0.269 e. The van der Waals surface area contributed by atoms with Gasteiger partial charge in [-0.15, -0.1) is 0 Å². The molecule has 0 spiro atoms. The molecule has 1 atom stereocenters. The van der Waals surface area contributed by atoms with Gasteiger partial charge in [0.15, 0.2) is 11.9 Å². The lowest BCUT2D eigenvalue weighted by Crippen LogP contribution is -2.20. The summed E-state index contributed by atoms with van der Waals surface area (Å²) in [5, 5.41) is 10.4. The third kappa shape index (κ3) is 7.64. The number of carbonyl (C=O) groups is 2. The predicted octanol–water partition coefficient (Wildman–Crippen LogP) is 2.55. The predicted molar refractivity (Wildman–Crippen MR) is 70.2 cm³/mol. The maximum atomic E-state index is 10.9. The largest absolute Gasteiger partial charge is 0.483 e. The third-order valence-electron chi connectivity index (χ3n) is 1.93. The molecule has 0 heterocycles. The molecular formula is C13H17NO5. The molecule has 104 valence electrons. The molecule has 6 nitrogen and oxygen atoms in total. The van der Waals surface area contributed by atoms with Crippen molar-refractivity contribution >= 4 is 17.3 Å². The number of nitrogens with zero attached hydrogens (tertiary/aromatic N) is 1. The van der Waals surface area contributed by atoms with Crippen LogP contribution in [0.5, 0.6) is 5.75 Å². The lowest BCUT2D eigenvalue weighted by atomic mass is 10.2. The SMILES string of the molecule is CC(=O)C(C)Oc1ccc([N+](=O)[O-])cc1.CC(C)=O. The summed E-state index contributed by atoms with van der Waals surface area (Å²) in [7, 11) is 0. The van der Waals surface area contributed by atoms with Crippen molar-refractivity contribution in [3.8, 4) is 5.75 Å². The molecule has 0 saturated heterocycles. The Balaban J connectivity index is 0.000000711. The van der Waals surface area contributed by atoms with Crippen molar-refractivity contribution in [3.05, 3.63) is 34.4 Å². The number of hydrogen-bond donors (Lipinski definition) is 0. The molecule has 1 aromatic rings. The summed E-state index contributed by atoms with van der Waals surface area (Å²) in [4.78, 5) is 30.2. The van der Waals surface area contributed by atoms with Crippen LogP contribution in [-0.2, 0) is 9.59 Å². The van der Waals surface area contributed by atoms with E-state index in [4.69, 9.17) is 4.74 Å². The van der Waals surface area contributed by atoms with E-state index in [0.29, 0.717) is 5.75 Å². The molecule has 0 bridgehead atoms. The van der Waals surface area contributed by atoms with Crippen molar-refractivity contribution in [3.63, 3.8) is 0 Å². The highest BCUT2D eigenvalue weighted by Gasteiger charge is 2.10. The molecule has 0 amide bonds. The molecule has 1 aromatic carbocycles. The van der Waals surface area contributed by atoms with Crippen LogP contribution in [0.4, 0.5) is 5.69 Å². The van der Waals surface area contributed by atoms with E-state index in [1.54, 1.807) is 6.92 Å². The van der Waals surface area contributed by atoms with E-state index in [2.05, 4.69) is 0 Å². The number of nitro benzene ring substituents is 1. The second kappa shape index (κ2) is 7.97. The summed E-state index contributed by atoms with van der Waals surface area (Å²) < 4.78 is 5.24. The molecule has 0 fully saturated rings. The van der Waals surface area contributed by atoms with E-state index in [1.807, 2.05) is 0 Å². The highest BCUT2D eigenvalue weighted by Crippen LogP contribution is 2.18. The van der Waals surface area contributed by atoms with Crippen LogP contribution in [0.3, 0.4) is 0 Å². The van der Waals surface area contributed by atoms with Crippen LogP contribution in [0.15, 0.2) is 24.3 Å². The Hall–Kier alpha value is -2.24. The van der Waals surface area contributed by atoms with E-state index >= 15 is 0 Å². The van der Waals surface area contributed by atoms with Gasteiger partial charge < -0.3 is 9.53 Å². The summed E-state index contributed by atoms with van der Waals surface area (Å²) >= 11 is 0. The Morgan fingerprint density at radius 3 is 1.89 bits per heavy atom. The highest BCUT2D eigenvalue weighted by molar-refractivity contribution is 5.80. The number of carbonyl (C=O) groups excluding carboxylic acids is 2. The molecule has 1 unspecified atom stereocenters. The number of ether oxygens (including phenoxy) is 1. The molecule has 0 aromatic heterocycles. The first kappa shape index (κ1) is 16.8. The fraction of sp³-hybridized carbons (Fsp3) is 0.385. The van der Waals surface area contributed by atoms with Crippen LogP contribution in [0.1, 0.15) is 27.7 Å². The van der Waals surface area contributed by atoms with E-state index < -0.39 is 11.0 Å². The van der Waals surface area contributed by atoms with Crippen molar-refractivity contribution < 1.29 is 19.2 Å². The Bertz CT molecular complexity index is 449. The van der Waals surface area contributed by atoms with Crippen molar-refractivity contribution in [1.29, 1.82) is 0 Å². The van der Waals surface area contributed by atoms with Gasteiger partial charge in [0.1, 0.15) is 11.5 Å². The summed E-state index contributed by atoms with van der Waals surface area (Å²) in [5.74, 6) is 0.525. The number of non-ortho nitro benzene ring substituents is 1. The Morgan fingerprint density at radius 2 is 1.58 bits per heavy atom. The second-order valence-corrected chi connectivity index (χ2v) is 4.03. The molecule has 1 rings (SSSR count). The fourth-order valence-electron chi connectivity index (χ4n) is 0.934. The average Bonchev–Trinajstić information content (AvgIpc) is 2.28. The number of nitro groups is 1. The summed E-state index contributed by atoms with van der Waals surface area (Å²) in [6, 6.07) is 5.61. The van der Waals surface area contributed by atoms with Crippen molar-refractivity contribution in [1.82, 2.24) is 0 Å². The molecule has 0 radical (unpaired) electrons. The van der Waals surface area contributed by atoms with Crippen LogP contribution < -0.4 is 4.74 Å². The van der Waals surface area contributed by atoms with Crippen LogP contribution in [0.25, 0.3) is 0 Å². The average molecular weight is 267 g/mol. The molecule has 0 aliphatic heterocycles. The van der Waals surface area contributed by atoms with Gasteiger partial charge in [-0.3, -0.25) is 14.9 Å². The summed E-state index contributed by atoms with van der Waals surface area (Å²) in [6.07, 6.45) is -0.536. The lowest BCUT2D eigenvalue weighted by molar-refractivity contribution is -0.384. The topological polar surface area (TPSA) is 86.5 Å². The van der Waals surface area contributed by atoms with Crippen LogP contribution in [0.2, 0.25) is 0 Å². The Morgan fingerprint density at radius 1 is 1.16 bits per heavy atom. The first-order valence-corrected chi connectivity index (χ1v) is 5.62. The van der Waals surface area contributed by atoms with Crippen molar-refractivity contribution in [2.75, 3.05) is 0 Å². The molecule has 0 N–H and O–H groups in total. The van der Waals surface area contributed by atoms with Gasteiger partial charge in [0, 0.05) is 12.1 Å². The minimum absolute atomic E-state index is 0.00201. The number of benzene rings is 1. The molecule has 19 heavy (non-hydrogen) atoms. The first-order chi connectivity index (χ1) is 8.73. The zero-order valence-electron chi connectivity index (χ0n) is 11.4. The molecule has 0 saturated carbocycles. The van der Waals surface area contributed by atoms with Crippen molar-refractivity contribution in [2.45, 2.75) is 33.8 Å². The van der Waals surface area contributed by atoms with Gasteiger partial charge in [-0.05, 0) is 39.8 Å². The fourth-order valence-corrected chi connectivity index (χ4v) is 0.934. The minimum atomic E-state index is -0.536. The second-order valence-electron chi connectivity index (χ2n) is 4.03. The first-order valence-electron chi connectivity index (χ1n) is 5.62. The number of hydrogen-bond acceptors (Lipinski definition) is 5. The standard InChI is InChI=1S/C10H11NO4.C3H6O/c1-7(12)8(2)15-10-5-3-9(4-6-10)11(13)14;1-3(2)4/h3-6,8H,1-2H3;1-2H3. The Kier molecular flexibility index (Phi) is 7.03.